The molecule has 0 aromatic rings. The Balaban J connectivity index is 1.83. The van der Waals surface area contributed by atoms with Gasteiger partial charge in [0, 0.05) is 0 Å². The maximum Gasteiger partial charge on any atom is 0.0879 e. The van der Waals surface area contributed by atoms with Gasteiger partial charge in [0.05, 0.1) is 12.2 Å². The van der Waals surface area contributed by atoms with Gasteiger partial charge >= 0.3 is 0 Å². The molecule has 1 nitrogen and oxygen atoms in total. The van der Waals surface area contributed by atoms with Crippen LogP contribution in [0.15, 0.2) is 24.3 Å². The van der Waals surface area contributed by atoms with E-state index in [1.807, 2.05) is 0 Å². The fourth-order valence-electron chi connectivity index (χ4n) is 2.56. The summed E-state index contributed by atoms with van der Waals surface area (Å²) in [5, 5.41) is 0. The average molecular weight is 278 g/mol. The molecule has 0 spiro atoms. The van der Waals surface area contributed by atoms with E-state index in [1.165, 1.54) is 51.4 Å². The van der Waals surface area contributed by atoms with E-state index in [0.29, 0.717) is 12.2 Å². The van der Waals surface area contributed by atoms with Crippen LogP contribution in [0.5, 0.6) is 0 Å². The molecule has 20 heavy (non-hydrogen) atoms. The van der Waals surface area contributed by atoms with E-state index in [0.717, 1.165) is 19.3 Å². The second-order valence-electron chi connectivity index (χ2n) is 5.95. The summed E-state index contributed by atoms with van der Waals surface area (Å²) in [6.45, 7) is 4.45. The first-order valence-electron chi connectivity index (χ1n) is 8.84. The number of hydrogen-bond acceptors (Lipinski definition) is 1. The molecule has 0 unspecified atom stereocenters. The maximum absolute atomic E-state index is 5.64. The summed E-state index contributed by atoms with van der Waals surface area (Å²) in [4.78, 5) is 0. The molecule has 0 aromatic heterocycles. The summed E-state index contributed by atoms with van der Waals surface area (Å²) >= 11 is 0. The standard InChI is InChI=1S/C19H34O/c1-3-5-7-8-9-10-11-12-13-15-17-19-18(20-19)16-14-6-4-2/h6,13-15,18-19H,3-5,7-12,16-17H2,1-2H3/b14-6-,15-13-/t18-,19+/m1/s1. The molecule has 1 heteroatoms. The highest BCUT2D eigenvalue weighted by molar-refractivity contribution is 4.97. The van der Waals surface area contributed by atoms with Crippen LogP contribution >= 0.6 is 0 Å². The SMILES string of the molecule is CC/C=C\C[C@H]1O[C@H]1C/C=C\CCCCCCCCC. The Morgan fingerprint density at radius 1 is 0.700 bits per heavy atom. The molecule has 0 aliphatic carbocycles. The Morgan fingerprint density at radius 2 is 1.30 bits per heavy atom. The number of hydrogen-bond donors (Lipinski definition) is 0. The van der Waals surface area contributed by atoms with Crippen LogP contribution in [0.1, 0.15) is 84.5 Å². The third-order valence-electron chi connectivity index (χ3n) is 3.97. The number of unbranched alkanes of at least 4 members (excludes halogenated alkanes) is 7. The van der Waals surface area contributed by atoms with Gasteiger partial charge in [-0.2, -0.15) is 0 Å². The number of rotatable bonds is 13. The van der Waals surface area contributed by atoms with Gasteiger partial charge in [-0.05, 0) is 32.1 Å². The van der Waals surface area contributed by atoms with Crippen molar-refractivity contribution in [2.45, 2.75) is 96.7 Å². The monoisotopic (exact) mass is 278 g/mol. The second-order valence-corrected chi connectivity index (χ2v) is 5.95. The lowest BCUT2D eigenvalue weighted by Crippen LogP contribution is -1.90. The smallest absolute Gasteiger partial charge is 0.0879 e. The molecule has 0 N–H and O–H groups in total. The highest BCUT2D eigenvalue weighted by atomic mass is 16.6. The molecule has 1 aliphatic rings. The summed E-state index contributed by atoms with van der Waals surface area (Å²) in [5.41, 5.74) is 0. The highest BCUT2D eigenvalue weighted by Gasteiger charge is 2.35. The van der Waals surface area contributed by atoms with Gasteiger partial charge in [0.2, 0.25) is 0 Å². The summed E-state index contributed by atoms with van der Waals surface area (Å²) in [7, 11) is 0. The van der Waals surface area contributed by atoms with Crippen molar-refractivity contribution >= 4 is 0 Å². The van der Waals surface area contributed by atoms with Crippen molar-refractivity contribution < 1.29 is 4.74 Å². The lowest BCUT2D eigenvalue weighted by Gasteiger charge is -1.98. The minimum absolute atomic E-state index is 0.501. The van der Waals surface area contributed by atoms with Crippen molar-refractivity contribution in [2.24, 2.45) is 0 Å². The van der Waals surface area contributed by atoms with Crippen molar-refractivity contribution in [2.75, 3.05) is 0 Å². The van der Waals surface area contributed by atoms with E-state index < -0.39 is 0 Å². The highest BCUT2D eigenvalue weighted by Crippen LogP contribution is 2.29. The quantitative estimate of drug-likeness (QED) is 0.222. The summed E-state index contributed by atoms with van der Waals surface area (Å²) in [6.07, 6.45) is 24.6. The average Bonchev–Trinajstić information content (AvgIpc) is 3.20. The minimum Gasteiger partial charge on any atom is -0.369 e. The zero-order chi connectivity index (χ0) is 14.5. The van der Waals surface area contributed by atoms with Crippen LogP contribution in [0.4, 0.5) is 0 Å². The Hall–Kier alpha value is -0.560. The second kappa shape index (κ2) is 12.2. The molecular weight excluding hydrogens is 244 g/mol. The lowest BCUT2D eigenvalue weighted by atomic mass is 10.1. The molecule has 2 atom stereocenters. The first-order valence-corrected chi connectivity index (χ1v) is 8.84. The van der Waals surface area contributed by atoms with E-state index in [4.69, 9.17) is 4.74 Å². The summed E-state index contributed by atoms with van der Waals surface area (Å²) < 4.78 is 5.64. The molecule has 0 bridgehead atoms. The zero-order valence-electron chi connectivity index (χ0n) is 13.7. The molecule has 1 aliphatic heterocycles. The van der Waals surface area contributed by atoms with Crippen LogP contribution in [-0.4, -0.2) is 12.2 Å². The van der Waals surface area contributed by atoms with Crippen LogP contribution in [0.2, 0.25) is 0 Å². The van der Waals surface area contributed by atoms with Crippen LogP contribution in [-0.2, 0) is 4.74 Å². The van der Waals surface area contributed by atoms with Crippen molar-refractivity contribution in [1.29, 1.82) is 0 Å². The molecule has 1 rings (SSSR count). The topological polar surface area (TPSA) is 12.5 Å². The molecule has 1 saturated heterocycles. The molecule has 116 valence electrons. The molecule has 0 saturated carbocycles. The van der Waals surface area contributed by atoms with Crippen molar-refractivity contribution in [3.8, 4) is 0 Å². The summed E-state index contributed by atoms with van der Waals surface area (Å²) in [5.74, 6) is 0. The van der Waals surface area contributed by atoms with Crippen LogP contribution < -0.4 is 0 Å². The normalized spacial score (nSPS) is 22.1. The van der Waals surface area contributed by atoms with Gasteiger partial charge in [0.25, 0.3) is 0 Å². The Morgan fingerprint density at radius 3 is 1.95 bits per heavy atom. The molecule has 0 amide bonds. The van der Waals surface area contributed by atoms with E-state index in [1.54, 1.807) is 0 Å². The first kappa shape index (κ1) is 17.5. The van der Waals surface area contributed by atoms with Gasteiger partial charge < -0.3 is 4.74 Å². The molecule has 1 fully saturated rings. The number of allylic oxidation sites excluding steroid dienone is 2. The van der Waals surface area contributed by atoms with Crippen molar-refractivity contribution in [1.82, 2.24) is 0 Å². The van der Waals surface area contributed by atoms with E-state index in [9.17, 15) is 0 Å². The predicted octanol–water partition coefficient (Wildman–Crippen LogP) is 6.20. The molecule has 0 radical (unpaired) electrons. The van der Waals surface area contributed by atoms with Crippen LogP contribution in [0.3, 0.4) is 0 Å². The first-order chi connectivity index (χ1) is 9.88. The number of ether oxygens (including phenoxy) is 1. The molecular formula is C19H34O. The largest absolute Gasteiger partial charge is 0.369 e. The fraction of sp³-hybridized carbons (Fsp3) is 0.789. The zero-order valence-corrected chi connectivity index (χ0v) is 13.7. The van der Waals surface area contributed by atoms with Gasteiger partial charge in [-0.15, -0.1) is 0 Å². The van der Waals surface area contributed by atoms with Crippen molar-refractivity contribution in [3.05, 3.63) is 24.3 Å². The van der Waals surface area contributed by atoms with Gasteiger partial charge in [0.15, 0.2) is 0 Å². The van der Waals surface area contributed by atoms with Gasteiger partial charge in [0.1, 0.15) is 0 Å². The van der Waals surface area contributed by atoms with Crippen LogP contribution in [0.25, 0.3) is 0 Å². The third kappa shape index (κ3) is 9.36. The Bertz CT molecular complexity index is 267. The van der Waals surface area contributed by atoms with Crippen molar-refractivity contribution in [3.63, 3.8) is 0 Å². The minimum atomic E-state index is 0.501. The van der Waals surface area contributed by atoms with Gasteiger partial charge in [-0.25, -0.2) is 0 Å². The Labute approximate surface area is 126 Å². The predicted molar refractivity (Wildman–Crippen MR) is 89.1 cm³/mol. The van der Waals surface area contributed by atoms with Gasteiger partial charge in [-0.3, -0.25) is 0 Å². The number of epoxide rings is 1. The lowest BCUT2D eigenvalue weighted by molar-refractivity contribution is 0.372. The third-order valence-corrected chi connectivity index (χ3v) is 3.97. The molecule has 1 heterocycles. The van der Waals surface area contributed by atoms with E-state index in [-0.39, 0.29) is 0 Å². The summed E-state index contributed by atoms with van der Waals surface area (Å²) in [6, 6.07) is 0. The molecule has 0 aromatic carbocycles. The Kier molecular flexibility index (Phi) is 10.7. The fourth-order valence-corrected chi connectivity index (χ4v) is 2.56. The van der Waals surface area contributed by atoms with Gasteiger partial charge in [-0.1, -0.05) is 76.7 Å². The van der Waals surface area contributed by atoms with E-state index >= 15 is 0 Å². The maximum atomic E-state index is 5.64. The van der Waals surface area contributed by atoms with Crippen LogP contribution in [0, 0.1) is 0 Å². The van der Waals surface area contributed by atoms with E-state index in [2.05, 4.69) is 38.2 Å².